The molecule has 0 aliphatic rings. The summed E-state index contributed by atoms with van der Waals surface area (Å²) in [6, 6.07) is 8.24. The number of nitrogens with zero attached hydrogens (tertiary/aromatic N) is 1. The van der Waals surface area contributed by atoms with Gasteiger partial charge in [-0.15, -0.1) is 0 Å². The number of aromatic nitrogens is 1. The van der Waals surface area contributed by atoms with Crippen LogP contribution in [0.3, 0.4) is 0 Å². The molecule has 2 aromatic rings. The lowest BCUT2D eigenvalue weighted by Gasteiger charge is -2.08. The van der Waals surface area contributed by atoms with Crippen LogP contribution in [0.1, 0.15) is 24.2 Å². The molecule has 1 aromatic heterocycles. The van der Waals surface area contributed by atoms with Crippen molar-refractivity contribution in [2.45, 2.75) is 20.0 Å². The number of aliphatic hydroxyl groups is 1. The van der Waals surface area contributed by atoms with Crippen molar-refractivity contribution in [3.63, 3.8) is 0 Å². The Kier molecular flexibility index (Phi) is 3.58. The van der Waals surface area contributed by atoms with E-state index in [0.717, 1.165) is 0 Å². The summed E-state index contributed by atoms with van der Waals surface area (Å²) in [6.07, 6.45) is 0.926. The minimum absolute atomic E-state index is 0.146. The number of hydrogen-bond donors (Lipinski definition) is 1. The van der Waals surface area contributed by atoms with Gasteiger partial charge in [-0.2, -0.15) is 0 Å². The summed E-state index contributed by atoms with van der Waals surface area (Å²) in [7, 11) is 0. The molecule has 0 bridgehead atoms. The highest BCUT2D eigenvalue weighted by atomic mass is 19.1. The van der Waals surface area contributed by atoms with Crippen molar-refractivity contribution in [3.05, 3.63) is 53.5 Å². The average Bonchev–Trinajstić information content (AvgIpc) is 2.36. The van der Waals surface area contributed by atoms with Gasteiger partial charge >= 0.3 is 0 Å². The van der Waals surface area contributed by atoms with Gasteiger partial charge in [0.05, 0.1) is 6.10 Å². The molecule has 0 fully saturated rings. The molecule has 1 aromatic carbocycles. The van der Waals surface area contributed by atoms with E-state index in [-0.39, 0.29) is 11.6 Å². The second-order valence-corrected chi connectivity index (χ2v) is 4.09. The van der Waals surface area contributed by atoms with Gasteiger partial charge in [0.2, 0.25) is 5.88 Å². The minimum atomic E-state index is -0.581. The number of benzene rings is 1. The average molecular weight is 247 g/mol. The molecule has 0 radical (unpaired) electrons. The van der Waals surface area contributed by atoms with Gasteiger partial charge in [-0.3, -0.25) is 0 Å². The number of ether oxygens (including phenoxy) is 1. The predicted molar refractivity (Wildman–Crippen MR) is 66.1 cm³/mol. The Hall–Kier alpha value is -1.94. The standard InChI is InChI=1S/C14H14FNO2/c1-9-4-3-5-12(14(9)15)18-13-7-6-11(8-16-13)10(2)17/h3-8,10,17H,1-2H3. The summed E-state index contributed by atoms with van der Waals surface area (Å²) in [5.74, 6) is 0.0510. The van der Waals surface area contributed by atoms with E-state index in [2.05, 4.69) is 4.98 Å². The number of hydrogen-bond acceptors (Lipinski definition) is 3. The fourth-order valence-corrected chi connectivity index (χ4v) is 1.51. The summed E-state index contributed by atoms with van der Waals surface area (Å²) in [5, 5.41) is 9.34. The molecule has 1 heterocycles. The predicted octanol–water partition coefficient (Wildman–Crippen LogP) is 3.37. The van der Waals surface area contributed by atoms with E-state index >= 15 is 0 Å². The monoisotopic (exact) mass is 247 g/mol. The second-order valence-electron chi connectivity index (χ2n) is 4.09. The first-order valence-corrected chi connectivity index (χ1v) is 5.65. The molecule has 0 saturated carbocycles. The van der Waals surface area contributed by atoms with Crippen molar-refractivity contribution in [3.8, 4) is 11.6 Å². The van der Waals surface area contributed by atoms with E-state index in [0.29, 0.717) is 17.0 Å². The van der Waals surface area contributed by atoms with Crippen molar-refractivity contribution in [2.75, 3.05) is 0 Å². The van der Waals surface area contributed by atoms with Gasteiger partial charge in [0.15, 0.2) is 11.6 Å². The second kappa shape index (κ2) is 5.14. The van der Waals surface area contributed by atoms with E-state index in [9.17, 15) is 9.50 Å². The Bertz CT molecular complexity index is 538. The number of rotatable bonds is 3. The van der Waals surface area contributed by atoms with Gasteiger partial charge < -0.3 is 9.84 Å². The highest BCUT2D eigenvalue weighted by Crippen LogP contribution is 2.25. The molecule has 0 aliphatic heterocycles. The molecule has 3 nitrogen and oxygen atoms in total. The van der Waals surface area contributed by atoms with E-state index in [4.69, 9.17) is 4.74 Å². The normalized spacial score (nSPS) is 12.2. The number of pyridine rings is 1. The van der Waals surface area contributed by atoms with Crippen LogP contribution in [-0.4, -0.2) is 10.1 Å². The molecule has 1 unspecified atom stereocenters. The van der Waals surface area contributed by atoms with Crippen LogP contribution in [0.25, 0.3) is 0 Å². The minimum Gasteiger partial charge on any atom is -0.436 e. The molecular weight excluding hydrogens is 233 g/mol. The van der Waals surface area contributed by atoms with Crippen molar-refractivity contribution in [1.29, 1.82) is 0 Å². The maximum Gasteiger partial charge on any atom is 0.219 e. The molecule has 0 saturated heterocycles. The Morgan fingerprint density at radius 1 is 1.28 bits per heavy atom. The summed E-state index contributed by atoms with van der Waals surface area (Å²) in [6.45, 7) is 3.32. The van der Waals surface area contributed by atoms with Crippen LogP contribution in [0.5, 0.6) is 11.6 Å². The lowest BCUT2D eigenvalue weighted by molar-refractivity contribution is 0.198. The topological polar surface area (TPSA) is 42.4 Å². The van der Waals surface area contributed by atoms with Crippen molar-refractivity contribution >= 4 is 0 Å². The lowest BCUT2D eigenvalue weighted by atomic mass is 10.2. The molecule has 18 heavy (non-hydrogen) atoms. The van der Waals surface area contributed by atoms with E-state index < -0.39 is 6.10 Å². The third-order valence-electron chi connectivity index (χ3n) is 2.61. The van der Waals surface area contributed by atoms with Gasteiger partial charge in [-0.05, 0) is 37.1 Å². The Balaban J connectivity index is 2.21. The first kappa shape index (κ1) is 12.5. The highest BCUT2D eigenvalue weighted by Gasteiger charge is 2.08. The van der Waals surface area contributed by atoms with E-state index in [1.807, 2.05) is 0 Å². The highest BCUT2D eigenvalue weighted by molar-refractivity contribution is 5.33. The van der Waals surface area contributed by atoms with Gasteiger partial charge in [0.1, 0.15) is 0 Å². The molecule has 0 spiro atoms. The maximum absolute atomic E-state index is 13.7. The zero-order valence-corrected chi connectivity index (χ0v) is 10.2. The van der Waals surface area contributed by atoms with Gasteiger partial charge in [0, 0.05) is 12.3 Å². The van der Waals surface area contributed by atoms with Crippen LogP contribution < -0.4 is 4.74 Å². The third kappa shape index (κ3) is 2.65. The molecule has 0 amide bonds. The molecule has 0 aliphatic carbocycles. The summed E-state index contributed by atoms with van der Waals surface area (Å²) in [5.41, 5.74) is 1.21. The van der Waals surface area contributed by atoms with Crippen LogP contribution in [0.4, 0.5) is 4.39 Å². The maximum atomic E-state index is 13.7. The molecule has 2 rings (SSSR count). The van der Waals surface area contributed by atoms with Crippen LogP contribution in [-0.2, 0) is 0 Å². The molecule has 94 valence electrons. The van der Waals surface area contributed by atoms with Crippen LogP contribution in [0.15, 0.2) is 36.5 Å². The third-order valence-corrected chi connectivity index (χ3v) is 2.61. The quantitative estimate of drug-likeness (QED) is 0.904. The Morgan fingerprint density at radius 2 is 2.06 bits per heavy atom. The van der Waals surface area contributed by atoms with Crippen molar-refractivity contribution in [1.82, 2.24) is 4.98 Å². The summed E-state index contributed by atoms with van der Waals surface area (Å²) >= 11 is 0. The van der Waals surface area contributed by atoms with Crippen molar-refractivity contribution < 1.29 is 14.2 Å². The zero-order chi connectivity index (χ0) is 13.1. The fourth-order valence-electron chi connectivity index (χ4n) is 1.51. The van der Waals surface area contributed by atoms with E-state index in [1.165, 1.54) is 6.20 Å². The SMILES string of the molecule is Cc1cccc(Oc2ccc(C(C)O)cn2)c1F. The lowest BCUT2D eigenvalue weighted by Crippen LogP contribution is -1.95. The zero-order valence-electron chi connectivity index (χ0n) is 10.2. The number of halogens is 1. The molecule has 1 N–H and O–H groups in total. The molecular formula is C14H14FNO2. The fraction of sp³-hybridized carbons (Fsp3) is 0.214. The Morgan fingerprint density at radius 3 is 2.67 bits per heavy atom. The first-order chi connectivity index (χ1) is 8.58. The smallest absolute Gasteiger partial charge is 0.219 e. The van der Waals surface area contributed by atoms with Crippen LogP contribution >= 0.6 is 0 Å². The van der Waals surface area contributed by atoms with Gasteiger partial charge in [-0.1, -0.05) is 12.1 Å². The van der Waals surface area contributed by atoms with Crippen molar-refractivity contribution in [2.24, 2.45) is 0 Å². The van der Waals surface area contributed by atoms with Gasteiger partial charge in [0.25, 0.3) is 0 Å². The Labute approximate surface area is 105 Å². The molecule has 1 atom stereocenters. The van der Waals surface area contributed by atoms with Gasteiger partial charge in [-0.25, -0.2) is 9.37 Å². The largest absolute Gasteiger partial charge is 0.436 e. The van der Waals surface area contributed by atoms with Crippen LogP contribution in [0, 0.1) is 12.7 Å². The summed E-state index contributed by atoms with van der Waals surface area (Å²) in [4.78, 5) is 4.02. The number of aliphatic hydroxyl groups excluding tert-OH is 1. The van der Waals surface area contributed by atoms with Crippen LogP contribution in [0.2, 0.25) is 0 Å². The van der Waals surface area contributed by atoms with E-state index in [1.54, 1.807) is 44.2 Å². The summed E-state index contributed by atoms with van der Waals surface area (Å²) < 4.78 is 19.1. The number of aryl methyl sites for hydroxylation is 1. The first-order valence-electron chi connectivity index (χ1n) is 5.65. The molecule has 4 heteroatoms.